The maximum Gasteiger partial charge on any atom is 0.317 e. The van der Waals surface area contributed by atoms with Crippen molar-refractivity contribution in [2.24, 2.45) is 0 Å². The van der Waals surface area contributed by atoms with Crippen molar-refractivity contribution in [1.29, 1.82) is 0 Å². The highest BCUT2D eigenvalue weighted by Gasteiger charge is 2.21. The third kappa shape index (κ3) is 4.30. The summed E-state index contributed by atoms with van der Waals surface area (Å²) in [5.41, 5.74) is 0. The number of alkyl halides is 2. The highest BCUT2D eigenvalue weighted by atomic mass is 19.3. The Hall–Kier alpha value is -0.910. The Morgan fingerprint density at radius 3 is 2.88 bits per heavy atom. The fourth-order valence-corrected chi connectivity index (χ4v) is 1.67. The molecule has 0 aromatic carbocycles. The zero-order chi connectivity index (χ0) is 12.0. The molecule has 0 bridgehead atoms. The summed E-state index contributed by atoms with van der Waals surface area (Å²) in [5.74, 6) is 0. The van der Waals surface area contributed by atoms with Crippen LogP contribution in [0.3, 0.4) is 0 Å². The van der Waals surface area contributed by atoms with Crippen LogP contribution < -0.4 is 5.32 Å². The summed E-state index contributed by atoms with van der Waals surface area (Å²) in [6.07, 6.45) is -0.526. The van der Waals surface area contributed by atoms with E-state index in [2.05, 4.69) is 5.32 Å². The molecule has 0 spiro atoms. The van der Waals surface area contributed by atoms with E-state index in [0.717, 1.165) is 19.4 Å². The summed E-state index contributed by atoms with van der Waals surface area (Å²) in [4.78, 5) is 13.0. The van der Waals surface area contributed by atoms with Crippen LogP contribution in [0.1, 0.15) is 19.8 Å². The van der Waals surface area contributed by atoms with Crippen molar-refractivity contribution in [2.45, 2.75) is 32.3 Å². The average molecular weight is 236 g/mol. The molecular formula is C10H18F2N2O2. The number of urea groups is 1. The lowest BCUT2D eigenvalue weighted by atomic mass is 10.2. The summed E-state index contributed by atoms with van der Waals surface area (Å²) in [6.45, 7) is 2.92. The first-order valence-electron chi connectivity index (χ1n) is 5.56. The van der Waals surface area contributed by atoms with E-state index in [9.17, 15) is 13.6 Å². The Kier molecular flexibility index (Phi) is 5.45. The van der Waals surface area contributed by atoms with Crippen LogP contribution in [0.2, 0.25) is 0 Å². The molecule has 1 aliphatic heterocycles. The first-order valence-corrected chi connectivity index (χ1v) is 5.56. The van der Waals surface area contributed by atoms with Gasteiger partial charge in [0.25, 0.3) is 6.43 Å². The van der Waals surface area contributed by atoms with Gasteiger partial charge < -0.3 is 15.0 Å². The second-order valence-corrected chi connectivity index (χ2v) is 3.75. The molecule has 94 valence electrons. The van der Waals surface area contributed by atoms with Crippen LogP contribution in [-0.2, 0) is 4.74 Å². The molecule has 4 nitrogen and oxygen atoms in total. The van der Waals surface area contributed by atoms with Crippen molar-refractivity contribution in [2.75, 3.05) is 26.2 Å². The van der Waals surface area contributed by atoms with E-state index in [1.165, 1.54) is 4.90 Å². The minimum absolute atomic E-state index is 0.0530. The number of rotatable bonds is 5. The number of ether oxygens (including phenoxy) is 1. The highest BCUT2D eigenvalue weighted by molar-refractivity contribution is 5.74. The topological polar surface area (TPSA) is 41.6 Å². The van der Waals surface area contributed by atoms with E-state index in [1.807, 2.05) is 6.92 Å². The molecule has 0 aromatic rings. The van der Waals surface area contributed by atoms with E-state index in [1.54, 1.807) is 0 Å². The number of hydrogen-bond acceptors (Lipinski definition) is 2. The number of nitrogens with one attached hydrogen (secondary N) is 1. The Labute approximate surface area is 93.9 Å². The Morgan fingerprint density at radius 1 is 1.62 bits per heavy atom. The molecule has 0 aliphatic carbocycles. The molecule has 16 heavy (non-hydrogen) atoms. The van der Waals surface area contributed by atoms with Gasteiger partial charge in [-0.05, 0) is 19.8 Å². The quantitative estimate of drug-likeness (QED) is 0.785. The maximum absolute atomic E-state index is 11.9. The molecule has 1 rings (SSSR count). The normalized spacial score (nSPS) is 20.1. The third-order valence-electron chi connectivity index (χ3n) is 2.52. The lowest BCUT2D eigenvalue weighted by Crippen LogP contribution is -2.44. The van der Waals surface area contributed by atoms with Gasteiger partial charge in [-0.1, -0.05) is 0 Å². The number of carbonyl (C=O) groups is 1. The van der Waals surface area contributed by atoms with Crippen molar-refractivity contribution in [3.63, 3.8) is 0 Å². The van der Waals surface area contributed by atoms with Crippen molar-refractivity contribution < 1.29 is 18.3 Å². The molecule has 1 atom stereocenters. The van der Waals surface area contributed by atoms with Gasteiger partial charge in [0.05, 0.1) is 12.6 Å². The van der Waals surface area contributed by atoms with Crippen molar-refractivity contribution >= 4 is 6.03 Å². The number of carbonyl (C=O) groups excluding carboxylic acids is 1. The standard InChI is InChI=1S/C10H18F2N2O2/c1-2-14(7-8-4-3-5-16-8)10(15)13-6-9(11)12/h8-9H,2-7H2,1H3,(H,13,15)/t8-/m0/s1. The minimum Gasteiger partial charge on any atom is -0.376 e. The highest BCUT2D eigenvalue weighted by Crippen LogP contribution is 2.13. The summed E-state index contributed by atoms with van der Waals surface area (Å²) < 4.78 is 29.2. The molecule has 1 heterocycles. The molecule has 0 radical (unpaired) electrons. The van der Waals surface area contributed by atoms with E-state index in [-0.39, 0.29) is 6.10 Å². The van der Waals surface area contributed by atoms with Gasteiger partial charge in [0, 0.05) is 19.7 Å². The molecule has 1 fully saturated rings. The van der Waals surface area contributed by atoms with Crippen LogP contribution in [0.5, 0.6) is 0 Å². The van der Waals surface area contributed by atoms with E-state index < -0.39 is 19.0 Å². The minimum atomic E-state index is -2.51. The Bertz CT molecular complexity index is 221. The van der Waals surface area contributed by atoms with E-state index >= 15 is 0 Å². The van der Waals surface area contributed by atoms with Crippen molar-refractivity contribution in [1.82, 2.24) is 10.2 Å². The van der Waals surface area contributed by atoms with Gasteiger partial charge in [-0.3, -0.25) is 0 Å². The Morgan fingerprint density at radius 2 is 2.38 bits per heavy atom. The second-order valence-electron chi connectivity index (χ2n) is 3.75. The fraction of sp³-hybridized carbons (Fsp3) is 0.900. The molecule has 0 saturated carbocycles. The molecule has 1 N–H and O–H groups in total. The van der Waals surface area contributed by atoms with Gasteiger partial charge >= 0.3 is 6.03 Å². The number of nitrogens with zero attached hydrogens (tertiary/aromatic N) is 1. The zero-order valence-electron chi connectivity index (χ0n) is 9.42. The summed E-state index contributed by atoms with van der Waals surface area (Å²) in [5, 5.41) is 2.19. The fourth-order valence-electron chi connectivity index (χ4n) is 1.67. The summed E-state index contributed by atoms with van der Waals surface area (Å²) >= 11 is 0. The number of likely N-dealkylation sites (N-methyl/N-ethyl adjacent to an activating group) is 1. The van der Waals surface area contributed by atoms with E-state index in [4.69, 9.17) is 4.74 Å². The summed E-state index contributed by atoms with van der Waals surface area (Å²) in [6, 6.07) is -0.446. The van der Waals surface area contributed by atoms with Gasteiger partial charge in [-0.25, -0.2) is 13.6 Å². The average Bonchev–Trinajstić information content (AvgIpc) is 2.75. The number of amides is 2. The van der Waals surface area contributed by atoms with Gasteiger partial charge in [-0.2, -0.15) is 0 Å². The molecule has 1 aliphatic rings. The summed E-state index contributed by atoms with van der Waals surface area (Å²) in [7, 11) is 0. The first kappa shape index (κ1) is 13.2. The van der Waals surface area contributed by atoms with Crippen molar-refractivity contribution in [3.05, 3.63) is 0 Å². The Balaban J connectivity index is 2.30. The van der Waals surface area contributed by atoms with Gasteiger partial charge in [-0.15, -0.1) is 0 Å². The maximum atomic E-state index is 11.9. The lowest BCUT2D eigenvalue weighted by Gasteiger charge is -2.24. The van der Waals surface area contributed by atoms with Gasteiger partial charge in [0.15, 0.2) is 0 Å². The lowest BCUT2D eigenvalue weighted by molar-refractivity contribution is 0.0809. The molecule has 0 unspecified atom stereocenters. The van der Waals surface area contributed by atoms with E-state index in [0.29, 0.717) is 13.1 Å². The largest absolute Gasteiger partial charge is 0.376 e. The zero-order valence-corrected chi connectivity index (χ0v) is 9.42. The number of hydrogen-bond donors (Lipinski definition) is 1. The predicted molar refractivity (Wildman–Crippen MR) is 55.6 cm³/mol. The second kappa shape index (κ2) is 6.62. The van der Waals surface area contributed by atoms with Crippen molar-refractivity contribution in [3.8, 4) is 0 Å². The third-order valence-corrected chi connectivity index (χ3v) is 2.52. The first-order chi connectivity index (χ1) is 7.63. The molecular weight excluding hydrogens is 218 g/mol. The van der Waals surface area contributed by atoms with Crippen LogP contribution in [-0.4, -0.2) is 49.7 Å². The molecule has 1 saturated heterocycles. The monoisotopic (exact) mass is 236 g/mol. The van der Waals surface area contributed by atoms with Crippen LogP contribution in [0.4, 0.5) is 13.6 Å². The van der Waals surface area contributed by atoms with Crippen LogP contribution in [0.15, 0.2) is 0 Å². The SMILES string of the molecule is CCN(C[C@@H]1CCCO1)C(=O)NCC(F)F. The van der Waals surface area contributed by atoms with Crippen LogP contribution in [0, 0.1) is 0 Å². The number of halogens is 2. The van der Waals surface area contributed by atoms with Crippen LogP contribution >= 0.6 is 0 Å². The van der Waals surface area contributed by atoms with Gasteiger partial charge in [0.1, 0.15) is 0 Å². The molecule has 0 aromatic heterocycles. The predicted octanol–water partition coefficient (Wildman–Crippen LogP) is 1.46. The van der Waals surface area contributed by atoms with Gasteiger partial charge in [0.2, 0.25) is 0 Å². The molecule has 6 heteroatoms. The molecule has 2 amide bonds. The smallest absolute Gasteiger partial charge is 0.317 e. The van der Waals surface area contributed by atoms with Crippen LogP contribution in [0.25, 0.3) is 0 Å².